The van der Waals surface area contributed by atoms with Gasteiger partial charge in [-0.15, -0.1) is 0 Å². The summed E-state index contributed by atoms with van der Waals surface area (Å²) in [5, 5.41) is 4.18. The molecule has 0 bridgehead atoms. The molecule has 1 aromatic heterocycles. The minimum atomic E-state index is 0.780. The Hall–Kier alpha value is -1.81. The van der Waals surface area contributed by atoms with Crippen LogP contribution in [0.1, 0.15) is 25.5 Å². The van der Waals surface area contributed by atoms with Crippen molar-refractivity contribution in [1.82, 2.24) is 10.1 Å². The zero-order valence-corrected chi connectivity index (χ0v) is 12.7. The molecule has 0 amide bonds. The largest absolute Gasteiger partial charge is 0.497 e. The normalized spacial score (nSPS) is 19.6. The molecule has 0 N–H and O–H groups in total. The van der Waals surface area contributed by atoms with Crippen LogP contribution in [0.5, 0.6) is 5.75 Å². The van der Waals surface area contributed by atoms with E-state index >= 15 is 0 Å². The molecule has 4 heteroatoms. The Morgan fingerprint density at radius 1 is 1.33 bits per heavy atom. The Morgan fingerprint density at radius 3 is 2.86 bits per heavy atom. The first kappa shape index (κ1) is 14.1. The van der Waals surface area contributed by atoms with Gasteiger partial charge in [-0.2, -0.15) is 0 Å². The summed E-state index contributed by atoms with van der Waals surface area (Å²) in [6.07, 6.45) is 2.62. The third-order valence-electron chi connectivity index (χ3n) is 4.07. The van der Waals surface area contributed by atoms with Gasteiger partial charge >= 0.3 is 0 Å². The zero-order valence-electron chi connectivity index (χ0n) is 12.7. The lowest BCUT2D eigenvalue weighted by Crippen LogP contribution is -2.33. The van der Waals surface area contributed by atoms with E-state index in [1.165, 1.54) is 12.8 Å². The predicted octanol–water partition coefficient (Wildman–Crippen LogP) is 3.58. The Labute approximate surface area is 125 Å². The molecule has 1 aliphatic rings. The van der Waals surface area contributed by atoms with Gasteiger partial charge < -0.3 is 9.26 Å². The molecular formula is C17H22N2O2. The van der Waals surface area contributed by atoms with Crippen LogP contribution in [0.25, 0.3) is 11.3 Å². The Balaban J connectivity index is 1.67. The van der Waals surface area contributed by atoms with E-state index in [1.54, 1.807) is 7.11 Å². The number of aromatic nitrogens is 1. The second kappa shape index (κ2) is 6.31. The van der Waals surface area contributed by atoms with Gasteiger partial charge in [0, 0.05) is 18.2 Å². The van der Waals surface area contributed by atoms with E-state index in [0.717, 1.165) is 48.3 Å². The van der Waals surface area contributed by atoms with Crippen molar-refractivity contribution in [3.8, 4) is 17.0 Å². The fraction of sp³-hybridized carbons (Fsp3) is 0.471. The standard InChI is InChI=1S/C17H22N2O2/c1-13-4-3-9-19(11-13)12-16-10-17(18-21-16)14-5-7-15(20-2)8-6-14/h5-8,10,13H,3-4,9,11-12H2,1-2H3. The van der Waals surface area contributed by atoms with Gasteiger partial charge in [-0.05, 0) is 49.6 Å². The number of benzene rings is 1. The van der Waals surface area contributed by atoms with Crippen LogP contribution < -0.4 is 4.74 Å². The summed E-state index contributed by atoms with van der Waals surface area (Å²) in [5.41, 5.74) is 1.94. The van der Waals surface area contributed by atoms with Gasteiger partial charge in [0.25, 0.3) is 0 Å². The highest BCUT2D eigenvalue weighted by Gasteiger charge is 2.18. The van der Waals surface area contributed by atoms with Crippen LogP contribution >= 0.6 is 0 Å². The first-order valence-corrected chi connectivity index (χ1v) is 7.57. The van der Waals surface area contributed by atoms with Crippen LogP contribution in [-0.2, 0) is 6.54 Å². The highest BCUT2D eigenvalue weighted by atomic mass is 16.5. The molecule has 0 spiro atoms. The van der Waals surface area contributed by atoms with E-state index in [1.807, 2.05) is 30.3 Å². The number of hydrogen-bond donors (Lipinski definition) is 0. The van der Waals surface area contributed by atoms with Crippen molar-refractivity contribution in [2.75, 3.05) is 20.2 Å². The second-order valence-corrected chi connectivity index (χ2v) is 5.89. The molecule has 21 heavy (non-hydrogen) atoms. The molecule has 4 nitrogen and oxygen atoms in total. The number of likely N-dealkylation sites (tertiary alicyclic amines) is 1. The molecule has 1 aromatic carbocycles. The first-order chi connectivity index (χ1) is 10.2. The van der Waals surface area contributed by atoms with Gasteiger partial charge in [-0.3, -0.25) is 4.90 Å². The Bertz CT molecular complexity index is 577. The van der Waals surface area contributed by atoms with Gasteiger partial charge in [-0.25, -0.2) is 0 Å². The van der Waals surface area contributed by atoms with Crippen molar-refractivity contribution in [1.29, 1.82) is 0 Å². The van der Waals surface area contributed by atoms with Gasteiger partial charge in [0.05, 0.1) is 13.7 Å². The number of rotatable bonds is 4. The van der Waals surface area contributed by atoms with E-state index in [9.17, 15) is 0 Å². The summed E-state index contributed by atoms with van der Waals surface area (Å²) >= 11 is 0. The molecule has 0 radical (unpaired) electrons. The van der Waals surface area contributed by atoms with Crippen LogP contribution in [0.3, 0.4) is 0 Å². The van der Waals surface area contributed by atoms with Crippen molar-refractivity contribution in [2.24, 2.45) is 5.92 Å². The average molecular weight is 286 g/mol. The molecule has 1 atom stereocenters. The summed E-state index contributed by atoms with van der Waals surface area (Å²) in [7, 11) is 1.67. The van der Waals surface area contributed by atoms with Crippen LogP contribution in [0.4, 0.5) is 0 Å². The molecule has 2 aromatic rings. The number of nitrogens with zero attached hydrogens (tertiary/aromatic N) is 2. The fourth-order valence-corrected chi connectivity index (χ4v) is 2.94. The van der Waals surface area contributed by atoms with Crippen molar-refractivity contribution < 1.29 is 9.26 Å². The maximum atomic E-state index is 5.49. The summed E-state index contributed by atoms with van der Waals surface area (Å²) in [5.74, 6) is 2.57. The molecule has 0 aliphatic carbocycles. The van der Waals surface area contributed by atoms with Gasteiger partial charge in [0.2, 0.25) is 0 Å². The second-order valence-electron chi connectivity index (χ2n) is 5.89. The molecule has 112 valence electrons. The Kier molecular flexibility index (Phi) is 4.25. The van der Waals surface area contributed by atoms with E-state index in [4.69, 9.17) is 9.26 Å². The number of hydrogen-bond acceptors (Lipinski definition) is 4. The first-order valence-electron chi connectivity index (χ1n) is 7.57. The molecule has 3 rings (SSSR count). The summed E-state index contributed by atoms with van der Waals surface area (Å²) in [6, 6.07) is 9.93. The van der Waals surface area contributed by atoms with Gasteiger partial charge in [0.15, 0.2) is 5.76 Å². The van der Waals surface area contributed by atoms with Crippen molar-refractivity contribution in [2.45, 2.75) is 26.3 Å². The molecular weight excluding hydrogens is 264 g/mol. The molecule has 1 unspecified atom stereocenters. The smallest absolute Gasteiger partial charge is 0.151 e. The number of piperidine rings is 1. The number of ether oxygens (including phenoxy) is 1. The topological polar surface area (TPSA) is 38.5 Å². The van der Waals surface area contributed by atoms with Gasteiger partial charge in [0.1, 0.15) is 11.4 Å². The lowest BCUT2D eigenvalue weighted by atomic mass is 10.0. The van der Waals surface area contributed by atoms with Gasteiger partial charge in [-0.1, -0.05) is 12.1 Å². The summed E-state index contributed by atoms with van der Waals surface area (Å²) in [4.78, 5) is 2.45. The fourth-order valence-electron chi connectivity index (χ4n) is 2.94. The highest BCUT2D eigenvalue weighted by Crippen LogP contribution is 2.24. The number of methoxy groups -OCH3 is 1. The monoisotopic (exact) mass is 286 g/mol. The molecule has 1 fully saturated rings. The maximum absolute atomic E-state index is 5.49. The lowest BCUT2D eigenvalue weighted by Gasteiger charge is -2.29. The van der Waals surface area contributed by atoms with Crippen LogP contribution in [0.2, 0.25) is 0 Å². The zero-order chi connectivity index (χ0) is 14.7. The average Bonchev–Trinajstić information content (AvgIpc) is 2.96. The maximum Gasteiger partial charge on any atom is 0.151 e. The van der Waals surface area contributed by atoms with E-state index in [-0.39, 0.29) is 0 Å². The summed E-state index contributed by atoms with van der Waals surface area (Å²) in [6.45, 7) is 5.48. The van der Waals surface area contributed by atoms with Crippen LogP contribution in [0.15, 0.2) is 34.9 Å². The molecule has 1 saturated heterocycles. The summed E-state index contributed by atoms with van der Waals surface area (Å²) < 4.78 is 10.7. The molecule has 0 saturated carbocycles. The SMILES string of the molecule is COc1ccc(-c2cc(CN3CCCC(C)C3)on2)cc1. The molecule has 1 aliphatic heterocycles. The van der Waals surface area contributed by atoms with Crippen LogP contribution in [0, 0.1) is 5.92 Å². The molecule has 2 heterocycles. The van der Waals surface area contributed by atoms with Crippen molar-refractivity contribution in [3.05, 3.63) is 36.1 Å². The predicted molar refractivity (Wildman–Crippen MR) is 82.2 cm³/mol. The van der Waals surface area contributed by atoms with Crippen molar-refractivity contribution in [3.63, 3.8) is 0 Å². The third-order valence-corrected chi connectivity index (χ3v) is 4.07. The highest BCUT2D eigenvalue weighted by molar-refractivity contribution is 5.59. The van der Waals surface area contributed by atoms with E-state index < -0.39 is 0 Å². The minimum absolute atomic E-state index is 0.780. The third kappa shape index (κ3) is 3.45. The quantitative estimate of drug-likeness (QED) is 0.861. The Morgan fingerprint density at radius 2 is 2.14 bits per heavy atom. The lowest BCUT2D eigenvalue weighted by molar-refractivity contribution is 0.160. The van der Waals surface area contributed by atoms with E-state index in [2.05, 4.69) is 17.0 Å². The minimum Gasteiger partial charge on any atom is -0.497 e. The van der Waals surface area contributed by atoms with E-state index in [0.29, 0.717) is 0 Å². The van der Waals surface area contributed by atoms with Crippen molar-refractivity contribution >= 4 is 0 Å². The van der Waals surface area contributed by atoms with Crippen LogP contribution in [-0.4, -0.2) is 30.3 Å².